The van der Waals surface area contributed by atoms with Crippen LogP contribution in [0.5, 0.6) is 5.75 Å². The average Bonchev–Trinajstić information content (AvgIpc) is 2.72. The molecular weight excluding hydrogens is 360 g/mol. The molecule has 0 unspecified atom stereocenters. The van der Waals surface area contributed by atoms with Crippen LogP contribution >= 0.6 is 0 Å². The smallest absolute Gasteiger partial charge is 0.329 e. The second-order valence-electron chi connectivity index (χ2n) is 5.70. The number of para-hydroxylation sites is 1. The second-order valence-corrected chi connectivity index (χ2v) is 5.70. The summed E-state index contributed by atoms with van der Waals surface area (Å²) in [6.45, 7) is 1.87. The number of carbonyl (C=O) groups is 3. The highest BCUT2D eigenvalue weighted by Crippen LogP contribution is 2.16. The molecule has 28 heavy (non-hydrogen) atoms. The van der Waals surface area contributed by atoms with E-state index in [4.69, 9.17) is 4.74 Å². The molecule has 3 N–H and O–H groups in total. The Morgan fingerprint density at radius 3 is 2.61 bits per heavy atom. The van der Waals surface area contributed by atoms with Gasteiger partial charge in [-0.1, -0.05) is 37.3 Å². The zero-order valence-corrected chi connectivity index (χ0v) is 15.7. The molecule has 0 aliphatic heterocycles. The fraction of sp³-hybridized carbons (Fsp3) is 0.200. The van der Waals surface area contributed by atoms with Crippen molar-refractivity contribution in [1.82, 2.24) is 10.7 Å². The number of ether oxygens (including phenoxy) is 1. The van der Waals surface area contributed by atoms with E-state index in [0.717, 1.165) is 17.7 Å². The third-order valence-electron chi connectivity index (χ3n) is 3.71. The molecular formula is C20H22N4O4. The summed E-state index contributed by atoms with van der Waals surface area (Å²) >= 11 is 0. The normalized spacial score (nSPS) is 10.4. The Hall–Kier alpha value is -3.68. The molecule has 0 aliphatic carbocycles. The Morgan fingerprint density at radius 1 is 1.07 bits per heavy atom. The van der Waals surface area contributed by atoms with Crippen LogP contribution < -0.4 is 20.8 Å². The predicted molar refractivity (Wildman–Crippen MR) is 106 cm³/mol. The molecule has 3 amide bonds. The van der Waals surface area contributed by atoms with Crippen LogP contribution in [0.15, 0.2) is 53.6 Å². The first kappa shape index (κ1) is 20.6. The first-order valence-electron chi connectivity index (χ1n) is 8.69. The molecule has 0 radical (unpaired) electrons. The molecule has 0 atom stereocenters. The fourth-order valence-electron chi connectivity index (χ4n) is 2.30. The molecule has 0 spiro atoms. The van der Waals surface area contributed by atoms with Crippen molar-refractivity contribution in [1.29, 1.82) is 0 Å². The maximum absolute atomic E-state index is 12.1. The number of amides is 3. The quantitative estimate of drug-likeness (QED) is 0.383. The summed E-state index contributed by atoms with van der Waals surface area (Å²) in [7, 11) is 1.35. The van der Waals surface area contributed by atoms with Crippen LogP contribution in [0.25, 0.3) is 0 Å². The minimum absolute atomic E-state index is 0.147. The zero-order valence-electron chi connectivity index (χ0n) is 15.7. The molecule has 0 bridgehead atoms. The Kier molecular flexibility index (Phi) is 7.71. The molecule has 0 aromatic heterocycles. The highest BCUT2D eigenvalue weighted by Gasteiger charge is 2.09. The number of carbonyl (C=O) groups excluding carboxylic acids is 3. The van der Waals surface area contributed by atoms with E-state index in [9.17, 15) is 14.4 Å². The number of rotatable bonds is 7. The lowest BCUT2D eigenvalue weighted by Gasteiger charge is -2.10. The SMILES string of the molecule is CCc1ccccc1NC(=O)COc1cccc(/C=N\NC(=O)C(=O)NC)c1. The van der Waals surface area contributed by atoms with Crippen LogP contribution in [-0.4, -0.2) is 37.6 Å². The number of hydrogen-bond acceptors (Lipinski definition) is 5. The molecule has 0 heterocycles. The van der Waals surface area contributed by atoms with Crippen molar-refractivity contribution in [3.63, 3.8) is 0 Å². The van der Waals surface area contributed by atoms with Crippen LogP contribution in [0.4, 0.5) is 5.69 Å². The standard InChI is InChI=1S/C20H22N4O4/c1-3-15-8-4-5-10-17(15)23-18(25)13-28-16-9-6-7-14(11-16)12-22-24-20(27)19(26)21-2/h4-12H,3,13H2,1-2H3,(H,21,26)(H,23,25)(H,24,27)/b22-12-. The predicted octanol–water partition coefficient (Wildman–Crippen LogP) is 1.46. The Labute approximate surface area is 163 Å². The number of benzene rings is 2. The molecule has 2 aromatic rings. The van der Waals surface area contributed by atoms with Crippen LogP contribution in [-0.2, 0) is 20.8 Å². The van der Waals surface area contributed by atoms with Crippen molar-refractivity contribution in [2.45, 2.75) is 13.3 Å². The first-order valence-corrected chi connectivity index (χ1v) is 8.69. The van der Waals surface area contributed by atoms with Crippen molar-refractivity contribution in [2.75, 3.05) is 19.0 Å². The maximum Gasteiger partial charge on any atom is 0.329 e. The lowest BCUT2D eigenvalue weighted by atomic mass is 10.1. The van der Waals surface area contributed by atoms with E-state index in [1.54, 1.807) is 24.3 Å². The van der Waals surface area contributed by atoms with Gasteiger partial charge < -0.3 is 15.4 Å². The summed E-state index contributed by atoms with van der Waals surface area (Å²) in [5, 5.41) is 8.73. The van der Waals surface area contributed by atoms with Gasteiger partial charge >= 0.3 is 11.8 Å². The van der Waals surface area contributed by atoms with Crippen molar-refractivity contribution in [3.05, 3.63) is 59.7 Å². The van der Waals surface area contributed by atoms with Gasteiger partial charge in [0, 0.05) is 12.7 Å². The fourth-order valence-corrected chi connectivity index (χ4v) is 2.30. The van der Waals surface area contributed by atoms with Crippen molar-refractivity contribution in [3.8, 4) is 5.75 Å². The van der Waals surface area contributed by atoms with E-state index in [1.165, 1.54) is 13.3 Å². The summed E-state index contributed by atoms with van der Waals surface area (Å²) in [4.78, 5) is 34.5. The van der Waals surface area contributed by atoms with Crippen molar-refractivity contribution in [2.24, 2.45) is 5.10 Å². The zero-order chi connectivity index (χ0) is 20.4. The molecule has 146 valence electrons. The molecule has 0 saturated carbocycles. The minimum atomic E-state index is -0.866. The van der Waals surface area contributed by atoms with Gasteiger partial charge in [-0.05, 0) is 35.7 Å². The van der Waals surface area contributed by atoms with Crippen molar-refractivity contribution >= 4 is 29.6 Å². The number of nitrogens with one attached hydrogen (secondary N) is 3. The first-order chi connectivity index (χ1) is 13.5. The largest absolute Gasteiger partial charge is 0.484 e. The van der Waals surface area contributed by atoms with E-state index >= 15 is 0 Å². The highest BCUT2D eigenvalue weighted by molar-refractivity contribution is 6.35. The number of likely N-dealkylation sites (N-methyl/N-ethyl adjacent to an activating group) is 1. The van der Waals surface area contributed by atoms with Gasteiger partial charge in [0.25, 0.3) is 5.91 Å². The van der Waals surface area contributed by atoms with Crippen LogP contribution in [0, 0.1) is 0 Å². The molecule has 8 nitrogen and oxygen atoms in total. The van der Waals surface area contributed by atoms with Crippen LogP contribution in [0.1, 0.15) is 18.1 Å². The summed E-state index contributed by atoms with van der Waals surface area (Å²) in [5.41, 5.74) is 4.55. The topological polar surface area (TPSA) is 109 Å². The third-order valence-corrected chi connectivity index (χ3v) is 3.71. The summed E-state index contributed by atoms with van der Waals surface area (Å²) < 4.78 is 5.51. The molecule has 8 heteroatoms. The van der Waals surface area contributed by atoms with E-state index in [1.807, 2.05) is 31.2 Å². The lowest BCUT2D eigenvalue weighted by molar-refractivity contribution is -0.138. The van der Waals surface area contributed by atoms with Gasteiger partial charge in [0.05, 0.1) is 6.21 Å². The van der Waals surface area contributed by atoms with Gasteiger partial charge in [-0.25, -0.2) is 5.43 Å². The number of nitrogens with zero attached hydrogens (tertiary/aromatic N) is 1. The van der Waals surface area contributed by atoms with Crippen LogP contribution in [0.3, 0.4) is 0 Å². The second kappa shape index (κ2) is 10.5. The Morgan fingerprint density at radius 2 is 1.86 bits per heavy atom. The van der Waals surface area contributed by atoms with E-state index in [-0.39, 0.29) is 12.5 Å². The maximum atomic E-state index is 12.1. The number of anilines is 1. The van der Waals surface area contributed by atoms with Gasteiger partial charge in [-0.3, -0.25) is 14.4 Å². The Bertz CT molecular complexity index is 880. The summed E-state index contributed by atoms with van der Waals surface area (Å²) in [6, 6.07) is 14.4. The third kappa shape index (κ3) is 6.24. The molecule has 0 saturated heterocycles. The van der Waals surface area contributed by atoms with Crippen LogP contribution in [0.2, 0.25) is 0 Å². The monoisotopic (exact) mass is 382 g/mol. The molecule has 0 fully saturated rings. The van der Waals surface area contributed by atoms with Gasteiger partial charge in [-0.15, -0.1) is 0 Å². The molecule has 2 aromatic carbocycles. The van der Waals surface area contributed by atoms with Gasteiger partial charge in [0.15, 0.2) is 6.61 Å². The number of hydrogen-bond donors (Lipinski definition) is 3. The van der Waals surface area contributed by atoms with E-state index in [0.29, 0.717) is 11.3 Å². The highest BCUT2D eigenvalue weighted by atomic mass is 16.5. The number of aryl methyl sites for hydroxylation is 1. The van der Waals surface area contributed by atoms with Gasteiger partial charge in [0.2, 0.25) is 0 Å². The average molecular weight is 382 g/mol. The minimum Gasteiger partial charge on any atom is -0.484 e. The van der Waals surface area contributed by atoms with Gasteiger partial charge in [-0.2, -0.15) is 5.10 Å². The molecule has 2 rings (SSSR count). The van der Waals surface area contributed by atoms with E-state index < -0.39 is 11.8 Å². The molecule has 0 aliphatic rings. The lowest BCUT2D eigenvalue weighted by Crippen LogP contribution is -2.35. The summed E-state index contributed by atoms with van der Waals surface area (Å²) in [6.07, 6.45) is 2.18. The van der Waals surface area contributed by atoms with Gasteiger partial charge in [0.1, 0.15) is 5.75 Å². The van der Waals surface area contributed by atoms with E-state index in [2.05, 4.69) is 21.2 Å². The van der Waals surface area contributed by atoms with Crippen molar-refractivity contribution < 1.29 is 19.1 Å². The summed E-state index contributed by atoms with van der Waals surface area (Å²) in [5.74, 6) is -1.45. The Balaban J connectivity index is 1.89. The number of hydrazone groups is 1.